The molecule has 1 unspecified atom stereocenters. The fourth-order valence-electron chi connectivity index (χ4n) is 2.04. The molecule has 0 bridgehead atoms. The summed E-state index contributed by atoms with van der Waals surface area (Å²) in [6.45, 7) is 5.44. The Kier molecular flexibility index (Phi) is 3.56. The molecule has 5 heteroatoms. The zero-order valence-electron chi connectivity index (χ0n) is 9.35. The number of rotatable bonds is 4. The molecule has 88 valence electrons. The Bertz CT molecular complexity index is 372. The van der Waals surface area contributed by atoms with E-state index in [1.165, 1.54) is 37.3 Å². The van der Waals surface area contributed by atoms with Gasteiger partial charge in [-0.1, -0.05) is 6.92 Å². The van der Waals surface area contributed by atoms with Crippen LogP contribution in [0, 0.1) is 0 Å². The van der Waals surface area contributed by atoms with Crippen molar-refractivity contribution in [3.8, 4) is 0 Å². The van der Waals surface area contributed by atoms with Crippen molar-refractivity contribution in [2.24, 2.45) is 0 Å². The molecule has 4 nitrogen and oxygen atoms in total. The SMILES string of the molecule is CC(CN1CCCC1)c1nc(C(=O)O)cs1. The Morgan fingerprint density at radius 1 is 1.62 bits per heavy atom. The number of aromatic nitrogens is 1. The molecule has 1 atom stereocenters. The van der Waals surface area contributed by atoms with E-state index in [1.807, 2.05) is 0 Å². The van der Waals surface area contributed by atoms with Crippen molar-refractivity contribution >= 4 is 17.3 Å². The van der Waals surface area contributed by atoms with Gasteiger partial charge in [-0.25, -0.2) is 9.78 Å². The van der Waals surface area contributed by atoms with E-state index in [-0.39, 0.29) is 5.69 Å². The number of likely N-dealkylation sites (tertiary alicyclic amines) is 1. The summed E-state index contributed by atoms with van der Waals surface area (Å²) in [5.41, 5.74) is 0.174. The Balaban J connectivity index is 1.96. The maximum atomic E-state index is 10.7. The summed E-state index contributed by atoms with van der Waals surface area (Å²) in [5.74, 6) is -0.605. The van der Waals surface area contributed by atoms with Gasteiger partial charge >= 0.3 is 5.97 Å². The van der Waals surface area contributed by atoms with Crippen LogP contribution in [0.5, 0.6) is 0 Å². The number of hydrogen-bond donors (Lipinski definition) is 1. The first kappa shape index (κ1) is 11.5. The lowest BCUT2D eigenvalue weighted by Crippen LogP contribution is -2.24. The molecular weight excluding hydrogens is 224 g/mol. The minimum atomic E-state index is -0.934. The van der Waals surface area contributed by atoms with E-state index in [2.05, 4.69) is 16.8 Å². The van der Waals surface area contributed by atoms with Gasteiger partial charge in [0.25, 0.3) is 0 Å². The molecule has 0 spiro atoms. The van der Waals surface area contributed by atoms with E-state index in [0.29, 0.717) is 5.92 Å². The first-order valence-corrected chi connectivity index (χ1v) is 6.46. The Hall–Kier alpha value is -0.940. The minimum Gasteiger partial charge on any atom is -0.476 e. The predicted molar refractivity (Wildman–Crippen MR) is 63.2 cm³/mol. The van der Waals surface area contributed by atoms with Crippen LogP contribution in [0.4, 0.5) is 0 Å². The molecule has 16 heavy (non-hydrogen) atoms. The van der Waals surface area contributed by atoms with Gasteiger partial charge in [-0.05, 0) is 25.9 Å². The standard InChI is InChI=1S/C11H16N2O2S/c1-8(6-13-4-2-3-5-13)10-12-9(7-16-10)11(14)15/h7-8H,2-6H2,1H3,(H,14,15). The quantitative estimate of drug-likeness (QED) is 0.875. The molecule has 1 aromatic heterocycles. The van der Waals surface area contributed by atoms with E-state index in [4.69, 9.17) is 5.11 Å². The van der Waals surface area contributed by atoms with Gasteiger partial charge in [0.05, 0.1) is 5.01 Å². The first-order valence-electron chi connectivity index (χ1n) is 5.58. The molecule has 0 radical (unpaired) electrons. The van der Waals surface area contributed by atoms with Crippen LogP contribution in [-0.4, -0.2) is 40.6 Å². The summed E-state index contributed by atoms with van der Waals surface area (Å²) < 4.78 is 0. The van der Waals surface area contributed by atoms with Crippen LogP contribution in [0.3, 0.4) is 0 Å². The number of carbonyl (C=O) groups is 1. The monoisotopic (exact) mass is 240 g/mol. The van der Waals surface area contributed by atoms with Gasteiger partial charge in [-0.3, -0.25) is 0 Å². The molecule has 1 N–H and O–H groups in total. The van der Waals surface area contributed by atoms with Crippen molar-refractivity contribution in [2.75, 3.05) is 19.6 Å². The molecule has 1 fully saturated rings. The maximum absolute atomic E-state index is 10.7. The van der Waals surface area contributed by atoms with Crippen molar-refractivity contribution in [3.05, 3.63) is 16.1 Å². The lowest BCUT2D eigenvalue weighted by Gasteiger charge is -2.18. The molecule has 0 aliphatic carbocycles. The summed E-state index contributed by atoms with van der Waals surface area (Å²) in [7, 11) is 0. The van der Waals surface area contributed by atoms with E-state index in [1.54, 1.807) is 5.38 Å². The third-order valence-electron chi connectivity index (χ3n) is 2.89. The van der Waals surface area contributed by atoms with Crippen molar-refractivity contribution in [2.45, 2.75) is 25.7 Å². The van der Waals surface area contributed by atoms with Crippen LogP contribution < -0.4 is 0 Å². The fourth-order valence-corrected chi connectivity index (χ4v) is 2.89. The largest absolute Gasteiger partial charge is 0.476 e. The highest BCUT2D eigenvalue weighted by Gasteiger charge is 2.19. The minimum absolute atomic E-state index is 0.174. The van der Waals surface area contributed by atoms with Crippen LogP contribution in [0.15, 0.2) is 5.38 Å². The summed E-state index contributed by atoms with van der Waals surface area (Å²) in [5, 5.41) is 11.4. The third kappa shape index (κ3) is 2.59. The highest BCUT2D eigenvalue weighted by atomic mass is 32.1. The first-order chi connectivity index (χ1) is 7.66. The fraction of sp³-hybridized carbons (Fsp3) is 0.636. The summed E-state index contributed by atoms with van der Waals surface area (Å²) >= 11 is 1.45. The number of carboxylic acids is 1. The lowest BCUT2D eigenvalue weighted by atomic mass is 10.2. The topological polar surface area (TPSA) is 53.4 Å². The van der Waals surface area contributed by atoms with Crippen LogP contribution >= 0.6 is 11.3 Å². The van der Waals surface area contributed by atoms with Crippen LogP contribution in [0.25, 0.3) is 0 Å². The second kappa shape index (κ2) is 4.93. The van der Waals surface area contributed by atoms with E-state index in [0.717, 1.165) is 11.6 Å². The average Bonchev–Trinajstić information content (AvgIpc) is 2.86. The van der Waals surface area contributed by atoms with Gasteiger partial charge in [0.2, 0.25) is 0 Å². The summed E-state index contributed by atoms with van der Waals surface area (Å²) in [6.07, 6.45) is 2.57. The summed E-state index contributed by atoms with van der Waals surface area (Å²) in [6, 6.07) is 0. The van der Waals surface area contributed by atoms with Gasteiger partial charge in [0.1, 0.15) is 0 Å². The highest BCUT2D eigenvalue weighted by molar-refractivity contribution is 7.09. The van der Waals surface area contributed by atoms with E-state index in [9.17, 15) is 4.79 Å². The Labute approximate surface area is 98.9 Å². The number of hydrogen-bond acceptors (Lipinski definition) is 4. The number of aromatic carboxylic acids is 1. The second-order valence-corrected chi connectivity index (χ2v) is 5.17. The van der Waals surface area contributed by atoms with Gasteiger partial charge in [0, 0.05) is 17.8 Å². The zero-order chi connectivity index (χ0) is 11.5. The lowest BCUT2D eigenvalue weighted by molar-refractivity contribution is 0.0691. The van der Waals surface area contributed by atoms with Crippen LogP contribution in [0.2, 0.25) is 0 Å². The van der Waals surface area contributed by atoms with Gasteiger partial charge in [-0.2, -0.15) is 0 Å². The zero-order valence-corrected chi connectivity index (χ0v) is 10.2. The molecule has 1 aromatic rings. The van der Waals surface area contributed by atoms with Crippen LogP contribution in [-0.2, 0) is 0 Å². The van der Waals surface area contributed by atoms with Crippen molar-refractivity contribution < 1.29 is 9.90 Å². The molecule has 2 heterocycles. The third-order valence-corrected chi connectivity index (χ3v) is 3.97. The molecule has 2 rings (SSSR count). The highest BCUT2D eigenvalue weighted by Crippen LogP contribution is 2.22. The van der Waals surface area contributed by atoms with Gasteiger partial charge < -0.3 is 10.0 Å². The molecule has 1 saturated heterocycles. The molecule has 1 aliphatic rings. The van der Waals surface area contributed by atoms with Gasteiger partial charge in [0.15, 0.2) is 5.69 Å². The molecular formula is C11H16N2O2S. The van der Waals surface area contributed by atoms with Crippen molar-refractivity contribution in [3.63, 3.8) is 0 Å². The number of thiazole rings is 1. The van der Waals surface area contributed by atoms with E-state index < -0.39 is 5.97 Å². The van der Waals surface area contributed by atoms with Crippen molar-refractivity contribution in [1.29, 1.82) is 0 Å². The average molecular weight is 240 g/mol. The normalized spacial score (nSPS) is 18.8. The summed E-state index contributed by atoms with van der Waals surface area (Å²) in [4.78, 5) is 17.3. The van der Waals surface area contributed by atoms with Crippen LogP contribution in [0.1, 0.15) is 41.2 Å². The second-order valence-electron chi connectivity index (χ2n) is 4.28. The van der Waals surface area contributed by atoms with Gasteiger partial charge in [-0.15, -0.1) is 11.3 Å². The Morgan fingerprint density at radius 2 is 2.31 bits per heavy atom. The predicted octanol–water partition coefficient (Wildman–Crippen LogP) is 2.04. The maximum Gasteiger partial charge on any atom is 0.355 e. The number of nitrogens with zero attached hydrogens (tertiary/aromatic N) is 2. The molecule has 0 saturated carbocycles. The van der Waals surface area contributed by atoms with E-state index >= 15 is 0 Å². The molecule has 0 aromatic carbocycles. The number of carboxylic acid groups (broad SMARTS) is 1. The molecule has 1 aliphatic heterocycles. The van der Waals surface area contributed by atoms with Crippen molar-refractivity contribution in [1.82, 2.24) is 9.88 Å². The Morgan fingerprint density at radius 3 is 2.88 bits per heavy atom. The molecule has 0 amide bonds. The smallest absolute Gasteiger partial charge is 0.355 e.